The maximum atomic E-state index is 12.1. The largest absolute Gasteiger partial charge is 0.481 e. The second kappa shape index (κ2) is 5.14. The van der Waals surface area contributed by atoms with Gasteiger partial charge in [-0.3, -0.25) is 4.79 Å². The summed E-state index contributed by atoms with van der Waals surface area (Å²) in [4.78, 5) is 24.6. The number of rotatable bonds is 2. The number of hydrogen-bond acceptors (Lipinski definition) is 3. The molecule has 2 fully saturated rings. The lowest BCUT2D eigenvalue weighted by Gasteiger charge is -2.34. The summed E-state index contributed by atoms with van der Waals surface area (Å²) >= 11 is 0. The average Bonchev–Trinajstić information content (AvgIpc) is 2.76. The molecular weight excluding hydrogens is 236 g/mol. The number of aliphatic carboxylic acids is 1. The molecule has 18 heavy (non-hydrogen) atoms. The molecule has 2 N–H and O–H groups in total. The molecular formula is C12H20N2O4. The van der Waals surface area contributed by atoms with Gasteiger partial charge >= 0.3 is 12.0 Å². The summed E-state index contributed by atoms with van der Waals surface area (Å²) < 4.78 is 5.28. The van der Waals surface area contributed by atoms with E-state index in [2.05, 4.69) is 5.32 Å². The van der Waals surface area contributed by atoms with Gasteiger partial charge < -0.3 is 20.1 Å². The lowest BCUT2D eigenvalue weighted by molar-refractivity contribution is -0.143. The molecule has 0 aromatic rings. The van der Waals surface area contributed by atoms with E-state index in [0.29, 0.717) is 32.7 Å². The number of nitrogens with one attached hydrogen (secondary N) is 1. The van der Waals surface area contributed by atoms with E-state index in [1.807, 2.05) is 6.92 Å². The first kappa shape index (κ1) is 13.1. The summed E-state index contributed by atoms with van der Waals surface area (Å²) in [5.41, 5.74) is -0.312. The summed E-state index contributed by atoms with van der Waals surface area (Å²) in [6.45, 7) is 4.07. The second-order valence-electron chi connectivity index (χ2n) is 5.42. The standard InChI is InChI=1S/C12H20N2O4/c1-12(4-6-18-8-12)13-11(17)14-5-2-3-9(7-14)10(15)16/h9H,2-8H2,1H3,(H,13,17)(H,15,16)/t9-,12?/m0/s1. The van der Waals surface area contributed by atoms with Gasteiger partial charge in [-0.2, -0.15) is 0 Å². The Morgan fingerprint density at radius 1 is 1.50 bits per heavy atom. The maximum absolute atomic E-state index is 12.1. The zero-order valence-electron chi connectivity index (χ0n) is 10.6. The number of hydrogen-bond donors (Lipinski definition) is 2. The van der Waals surface area contributed by atoms with Crippen molar-refractivity contribution < 1.29 is 19.4 Å². The average molecular weight is 256 g/mol. The van der Waals surface area contributed by atoms with Crippen molar-refractivity contribution in [3.05, 3.63) is 0 Å². The molecule has 0 radical (unpaired) electrons. The minimum absolute atomic E-state index is 0.172. The van der Waals surface area contributed by atoms with E-state index in [1.165, 1.54) is 0 Å². The molecule has 6 heteroatoms. The van der Waals surface area contributed by atoms with Crippen molar-refractivity contribution >= 4 is 12.0 Å². The Hall–Kier alpha value is -1.30. The number of likely N-dealkylation sites (tertiary alicyclic amines) is 1. The maximum Gasteiger partial charge on any atom is 0.317 e. The first-order valence-corrected chi connectivity index (χ1v) is 6.38. The molecule has 0 aromatic heterocycles. The van der Waals surface area contributed by atoms with Gasteiger partial charge in [-0.15, -0.1) is 0 Å². The highest BCUT2D eigenvalue weighted by Crippen LogP contribution is 2.20. The molecule has 2 heterocycles. The first-order chi connectivity index (χ1) is 8.50. The van der Waals surface area contributed by atoms with Gasteiger partial charge in [0.2, 0.25) is 0 Å². The number of amides is 2. The van der Waals surface area contributed by atoms with Gasteiger partial charge in [-0.25, -0.2) is 4.79 Å². The molecule has 2 aliphatic heterocycles. The minimum atomic E-state index is -0.817. The Morgan fingerprint density at radius 2 is 2.28 bits per heavy atom. The molecule has 102 valence electrons. The van der Waals surface area contributed by atoms with Crippen LogP contribution in [0.15, 0.2) is 0 Å². The van der Waals surface area contributed by atoms with E-state index in [1.54, 1.807) is 4.90 Å². The van der Waals surface area contributed by atoms with Crippen LogP contribution in [0.25, 0.3) is 0 Å². The highest BCUT2D eigenvalue weighted by molar-refractivity contribution is 5.77. The summed E-state index contributed by atoms with van der Waals surface area (Å²) in [6.07, 6.45) is 2.20. The third kappa shape index (κ3) is 2.93. The summed E-state index contributed by atoms with van der Waals surface area (Å²) in [5.74, 6) is -1.25. The molecule has 0 saturated carbocycles. The number of carbonyl (C=O) groups excluding carboxylic acids is 1. The normalized spacial score (nSPS) is 32.3. The van der Waals surface area contributed by atoms with Crippen LogP contribution in [0.3, 0.4) is 0 Å². The Labute approximate surface area is 106 Å². The van der Waals surface area contributed by atoms with Gasteiger partial charge in [0.25, 0.3) is 0 Å². The highest BCUT2D eigenvalue weighted by Gasteiger charge is 2.34. The molecule has 2 rings (SSSR count). The quantitative estimate of drug-likeness (QED) is 0.761. The van der Waals surface area contributed by atoms with Crippen molar-refractivity contribution in [1.29, 1.82) is 0 Å². The number of carboxylic acid groups (broad SMARTS) is 1. The van der Waals surface area contributed by atoms with Crippen LogP contribution in [0.4, 0.5) is 4.79 Å². The Bertz CT molecular complexity index is 339. The van der Waals surface area contributed by atoms with Crippen molar-refractivity contribution in [3.8, 4) is 0 Å². The van der Waals surface area contributed by atoms with Crippen molar-refractivity contribution in [2.24, 2.45) is 5.92 Å². The van der Waals surface area contributed by atoms with E-state index in [4.69, 9.17) is 9.84 Å². The van der Waals surface area contributed by atoms with Gasteiger partial charge in [0.05, 0.1) is 18.1 Å². The molecule has 1 unspecified atom stereocenters. The molecule has 2 atom stereocenters. The van der Waals surface area contributed by atoms with E-state index in [-0.39, 0.29) is 11.6 Å². The van der Waals surface area contributed by atoms with Gasteiger partial charge in [0.15, 0.2) is 0 Å². The molecule has 6 nitrogen and oxygen atoms in total. The van der Waals surface area contributed by atoms with E-state index < -0.39 is 11.9 Å². The van der Waals surface area contributed by atoms with Crippen LogP contribution in [0, 0.1) is 5.92 Å². The van der Waals surface area contributed by atoms with Crippen LogP contribution in [0.1, 0.15) is 26.2 Å². The van der Waals surface area contributed by atoms with Gasteiger partial charge in [0, 0.05) is 19.7 Å². The lowest BCUT2D eigenvalue weighted by Crippen LogP contribution is -2.54. The Balaban J connectivity index is 1.90. The second-order valence-corrected chi connectivity index (χ2v) is 5.42. The van der Waals surface area contributed by atoms with E-state index in [0.717, 1.165) is 12.8 Å². The van der Waals surface area contributed by atoms with Crippen LogP contribution in [-0.2, 0) is 9.53 Å². The molecule has 2 aliphatic rings. The van der Waals surface area contributed by atoms with Crippen molar-refractivity contribution in [1.82, 2.24) is 10.2 Å². The first-order valence-electron chi connectivity index (χ1n) is 6.38. The van der Waals surface area contributed by atoms with Crippen LogP contribution < -0.4 is 5.32 Å². The zero-order chi connectivity index (χ0) is 13.2. The summed E-state index contributed by atoms with van der Waals surface area (Å²) in [6, 6.07) is -0.172. The van der Waals surface area contributed by atoms with Crippen molar-refractivity contribution in [2.75, 3.05) is 26.3 Å². The molecule has 2 amide bonds. The summed E-state index contributed by atoms with van der Waals surface area (Å²) in [7, 11) is 0. The van der Waals surface area contributed by atoms with Crippen LogP contribution in [-0.4, -0.2) is 53.8 Å². The van der Waals surface area contributed by atoms with Crippen LogP contribution >= 0.6 is 0 Å². The third-order valence-corrected chi connectivity index (χ3v) is 3.69. The Kier molecular flexibility index (Phi) is 3.75. The minimum Gasteiger partial charge on any atom is -0.481 e. The smallest absolute Gasteiger partial charge is 0.317 e. The number of carbonyl (C=O) groups is 2. The fraction of sp³-hybridized carbons (Fsp3) is 0.833. The summed E-state index contributed by atoms with van der Waals surface area (Å²) in [5, 5.41) is 11.9. The predicted octanol–water partition coefficient (Wildman–Crippen LogP) is 0.672. The molecule has 2 saturated heterocycles. The predicted molar refractivity (Wildman–Crippen MR) is 64.3 cm³/mol. The third-order valence-electron chi connectivity index (χ3n) is 3.69. The number of piperidine rings is 1. The molecule has 0 aliphatic carbocycles. The number of nitrogens with zero attached hydrogens (tertiary/aromatic N) is 1. The fourth-order valence-electron chi connectivity index (χ4n) is 2.47. The van der Waals surface area contributed by atoms with Crippen LogP contribution in [0.5, 0.6) is 0 Å². The van der Waals surface area contributed by atoms with E-state index >= 15 is 0 Å². The molecule has 0 bridgehead atoms. The van der Waals surface area contributed by atoms with Gasteiger partial charge in [-0.1, -0.05) is 0 Å². The number of carboxylic acids is 1. The zero-order valence-corrected chi connectivity index (χ0v) is 10.6. The highest BCUT2D eigenvalue weighted by atomic mass is 16.5. The van der Waals surface area contributed by atoms with Crippen LogP contribution in [0.2, 0.25) is 0 Å². The lowest BCUT2D eigenvalue weighted by atomic mass is 9.98. The van der Waals surface area contributed by atoms with E-state index in [9.17, 15) is 9.59 Å². The number of ether oxygens (including phenoxy) is 1. The molecule has 0 aromatic carbocycles. The van der Waals surface area contributed by atoms with Crippen molar-refractivity contribution in [3.63, 3.8) is 0 Å². The fourth-order valence-corrected chi connectivity index (χ4v) is 2.47. The monoisotopic (exact) mass is 256 g/mol. The van der Waals surface area contributed by atoms with Gasteiger partial charge in [-0.05, 0) is 26.2 Å². The Morgan fingerprint density at radius 3 is 2.89 bits per heavy atom. The number of urea groups is 1. The topological polar surface area (TPSA) is 78.9 Å². The molecule has 0 spiro atoms. The van der Waals surface area contributed by atoms with Crippen molar-refractivity contribution in [2.45, 2.75) is 31.7 Å². The SMILES string of the molecule is CC1(NC(=O)N2CCC[C@H](C(=O)O)C2)CCOC1. The van der Waals surface area contributed by atoms with Gasteiger partial charge in [0.1, 0.15) is 0 Å².